The van der Waals surface area contributed by atoms with Gasteiger partial charge in [0.05, 0.1) is 0 Å². The Kier molecular flexibility index (Phi) is 11.0. The van der Waals surface area contributed by atoms with Crippen LogP contribution in [0.1, 0.15) is 35.1 Å². The van der Waals surface area contributed by atoms with Gasteiger partial charge in [0.25, 0.3) is 0 Å². The van der Waals surface area contributed by atoms with Crippen molar-refractivity contribution in [2.45, 2.75) is 43.7 Å². The lowest BCUT2D eigenvalue weighted by atomic mass is 9.79. The van der Waals surface area contributed by atoms with Crippen LogP contribution in [0.25, 0.3) is 18.2 Å². The number of aromatic hydroxyl groups is 5. The zero-order chi connectivity index (χ0) is 35.9. The molecule has 4 atom stereocenters. The van der Waals surface area contributed by atoms with E-state index < -0.39 is 83.6 Å². The number of aliphatic carboxylic acids is 1. The lowest BCUT2D eigenvalue weighted by Gasteiger charge is -2.41. The first-order valence-electron chi connectivity index (χ1n) is 14.6. The topological polar surface area (TPSA) is 238 Å². The van der Waals surface area contributed by atoms with Crippen LogP contribution >= 0.6 is 0 Å². The van der Waals surface area contributed by atoms with Gasteiger partial charge in [-0.3, -0.25) is 0 Å². The predicted octanol–water partition coefficient (Wildman–Crippen LogP) is 3.31. The van der Waals surface area contributed by atoms with Crippen molar-refractivity contribution >= 4 is 42.1 Å². The Morgan fingerprint density at radius 3 is 1.39 bits per heavy atom. The molecule has 0 aliphatic heterocycles. The van der Waals surface area contributed by atoms with Crippen molar-refractivity contribution in [1.82, 2.24) is 0 Å². The number of aryl methyl sites for hydroxylation is 1. The van der Waals surface area contributed by atoms with Crippen LogP contribution < -0.4 is 0 Å². The number of carbonyl (C=O) groups excluding carboxylic acids is 3. The molecule has 3 aromatic rings. The molecule has 256 valence electrons. The van der Waals surface area contributed by atoms with E-state index in [9.17, 15) is 54.9 Å². The first-order valence-corrected chi connectivity index (χ1v) is 14.6. The fourth-order valence-corrected chi connectivity index (χ4v) is 4.83. The van der Waals surface area contributed by atoms with Gasteiger partial charge in [0, 0.05) is 31.1 Å². The minimum Gasteiger partial charge on any atom is -0.508 e. The molecule has 1 aliphatic carbocycles. The Labute approximate surface area is 278 Å². The molecule has 3 aromatic carbocycles. The number of benzene rings is 3. The number of carboxylic acid groups (broad SMARTS) is 1. The zero-order valence-corrected chi connectivity index (χ0v) is 25.8. The van der Waals surface area contributed by atoms with Crippen LogP contribution in [0.15, 0.2) is 72.8 Å². The highest BCUT2D eigenvalue weighted by Crippen LogP contribution is 2.35. The van der Waals surface area contributed by atoms with Gasteiger partial charge in [0.2, 0.25) is 0 Å². The summed E-state index contributed by atoms with van der Waals surface area (Å²) in [6.45, 7) is 1.67. The molecule has 49 heavy (non-hydrogen) atoms. The minimum atomic E-state index is -2.60. The first kappa shape index (κ1) is 35.6. The molecule has 0 radical (unpaired) electrons. The Morgan fingerprint density at radius 2 is 1.00 bits per heavy atom. The number of carboxylic acids is 1. The monoisotopic (exact) mass is 676 g/mol. The minimum absolute atomic E-state index is 0.0298. The molecule has 0 unspecified atom stereocenters. The van der Waals surface area contributed by atoms with Gasteiger partial charge in [-0.05, 0) is 77.7 Å². The molecule has 14 nitrogen and oxygen atoms in total. The molecule has 0 heterocycles. The molecule has 1 saturated carbocycles. The maximum Gasteiger partial charge on any atom is 0.335 e. The summed E-state index contributed by atoms with van der Waals surface area (Å²) in [5, 5.41) is 69.2. The summed E-state index contributed by atoms with van der Waals surface area (Å²) in [5.41, 5.74) is -1.05. The van der Waals surface area contributed by atoms with Crippen LogP contribution in [0.3, 0.4) is 0 Å². The number of hydrogen-bond acceptors (Lipinski definition) is 13. The summed E-state index contributed by atoms with van der Waals surface area (Å²) in [5.74, 6) is -6.68. The van der Waals surface area contributed by atoms with Crippen LogP contribution in [0, 0.1) is 6.92 Å². The van der Waals surface area contributed by atoms with Crippen molar-refractivity contribution in [2.24, 2.45) is 0 Å². The third-order valence-electron chi connectivity index (χ3n) is 7.46. The van der Waals surface area contributed by atoms with Gasteiger partial charge in [-0.25, -0.2) is 19.2 Å². The van der Waals surface area contributed by atoms with Crippen molar-refractivity contribution in [3.8, 4) is 28.7 Å². The van der Waals surface area contributed by atoms with Crippen LogP contribution in [-0.4, -0.2) is 83.5 Å². The first-order chi connectivity index (χ1) is 23.1. The molecule has 1 fully saturated rings. The zero-order valence-electron chi connectivity index (χ0n) is 25.8. The van der Waals surface area contributed by atoms with Crippen molar-refractivity contribution in [3.05, 3.63) is 95.1 Å². The molecule has 1 aliphatic rings. The van der Waals surface area contributed by atoms with E-state index in [2.05, 4.69) is 0 Å². The number of rotatable bonds is 10. The molecule has 0 spiro atoms. The second kappa shape index (κ2) is 15.1. The highest BCUT2D eigenvalue weighted by Gasteiger charge is 2.54. The average molecular weight is 677 g/mol. The Balaban J connectivity index is 1.62. The molecule has 0 bridgehead atoms. The Hall–Kier alpha value is -6.28. The van der Waals surface area contributed by atoms with Gasteiger partial charge in [0.1, 0.15) is 18.0 Å². The van der Waals surface area contributed by atoms with Crippen LogP contribution in [-0.2, 0) is 33.4 Å². The van der Waals surface area contributed by atoms with Crippen LogP contribution in [0.2, 0.25) is 0 Å². The lowest BCUT2D eigenvalue weighted by molar-refractivity contribution is -0.211. The van der Waals surface area contributed by atoms with E-state index in [1.165, 1.54) is 48.6 Å². The number of ether oxygens (including phenoxy) is 3. The summed E-state index contributed by atoms with van der Waals surface area (Å²) >= 11 is 0. The summed E-state index contributed by atoms with van der Waals surface area (Å²) in [7, 11) is 0. The molecule has 14 heteroatoms. The normalized spacial score (nSPS) is 20.7. The van der Waals surface area contributed by atoms with Gasteiger partial charge in [-0.15, -0.1) is 0 Å². The van der Waals surface area contributed by atoms with Crippen molar-refractivity contribution in [1.29, 1.82) is 0 Å². The number of esters is 3. The van der Waals surface area contributed by atoms with Gasteiger partial charge in [-0.1, -0.05) is 24.3 Å². The van der Waals surface area contributed by atoms with E-state index in [4.69, 9.17) is 14.2 Å². The van der Waals surface area contributed by atoms with E-state index in [1.807, 2.05) is 0 Å². The third kappa shape index (κ3) is 9.39. The van der Waals surface area contributed by atoms with E-state index in [0.717, 1.165) is 30.4 Å². The van der Waals surface area contributed by atoms with E-state index >= 15 is 0 Å². The van der Waals surface area contributed by atoms with Gasteiger partial charge < -0.3 is 50.0 Å². The average Bonchev–Trinajstić information content (AvgIpc) is 3.04. The second-order valence-corrected chi connectivity index (χ2v) is 11.1. The largest absolute Gasteiger partial charge is 0.508 e. The number of hydrogen-bond donors (Lipinski definition) is 7. The standard InChI is InChI=1S/C35H32O14/c1-19-2-3-20(14-25(19)38)6-11-30(41)47-28-17-35(46,34(44)45)18-29(48-31(42)12-7-21-4-9-23(36)26(39)15-21)33(28)49-32(43)13-8-22-5-10-24(37)27(40)16-22/h2-16,28-29,33,36-40,46H,17-18H2,1H3,(H,44,45)/b11-6+,12-7+,13-8+/t28-,29-,33+,35-/m1/s1. The molecule has 4 rings (SSSR count). The van der Waals surface area contributed by atoms with Crippen molar-refractivity contribution < 1.29 is 69.1 Å². The maximum absolute atomic E-state index is 13.0. The van der Waals surface area contributed by atoms with E-state index in [0.29, 0.717) is 11.1 Å². The Morgan fingerprint density at radius 1 is 0.612 bits per heavy atom. The lowest BCUT2D eigenvalue weighted by Crippen LogP contribution is -2.59. The highest BCUT2D eigenvalue weighted by atomic mass is 16.6. The molecule has 7 N–H and O–H groups in total. The fourth-order valence-electron chi connectivity index (χ4n) is 4.83. The molecule has 0 saturated heterocycles. The number of aliphatic hydroxyl groups is 1. The van der Waals surface area contributed by atoms with Crippen molar-refractivity contribution in [3.63, 3.8) is 0 Å². The quantitative estimate of drug-likeness (QED) is 0.0706. The highest BCUT2D eigenvalue weighted by molar-refractivity contribution is 5.89. The maximum atomic E-state index is 13.0. The summed E-state index contributed by atoms with van der Waals surface area (Å²) < 4.78 is 16.4. The number of phenols is 5. The van der Waals surface area contributed by atoms with Crippen molar-refractivity contribution in [2.75, 3.05) is 0 Å². The molecular formula is C35H32O14. The smallest absolute Gasteiger partial charge is 0.335 e. The van der Waals surface area contributed by atoms with E-state index in [1.54, 1.807) is 19.1 Å². The molecule has 0 aromatic heterocycles. The van der Waals surface area contributed by atoms with Gasteiger partial charge >= 0.3 is 23.9 Å². The SMILES string of the molecule is Cc1ccc(/C=C/C(=O)O[C@@H]2C[C@](O)(C(=O)O)C[C@@H](OC(=O)/C=C/c3ccc(O)c(O)c3)[C@H]2OC(=O)/C=C/c2ccc(O)c(O)c2)cc1O. The second-order valence-electron chi connectivity index (χ2n) is 11.1. The summed E-state index contributed by atoms with van der Waals surface area (Å²) in [4.78, 5) is 50.9. The van der Waals surface area contributed by atoms with Gasteiger partial charge in [-0.2, -0.15) is 0 Å². The van der Waals surface area contributed by atoms with Gasteiger partial charge in [0.15, 0.2) is 34.7 Å². The summed E-state index contributed by atoms with van der Waals surface area (Å²) in [6, 6.07) is 12.0. The van der Waals surface area contributed by atoms with Crippen LogP contribution in [0.5, 0.6) is 28.7 Å². The number of carbonyl (C=O) groups is 4. The predicted molar refractivity (Wildman–Crippen MR) is 171 cm³/mol. The third-order valence-corrected chi connectivity index (χ3v) is 7.46. The Bertz CT molecular complexity index is 1750. The molecule has 0 amide bonds. The van der Waals surface area contributed by atoms with E-state index in [-0.39, 0.29) is 16.9 Å². The van der Waals surface area contributed by atoms with Crippen LogP contribution in [0.4, 0.5) is 0 Å². The summed E-state index contributed by atoms with van der Waals surface area (Å²) in [6.07, 6.45) is -0.0138. The molecular weight excluding hydrogens is 644 g/mol. The number of phenolic OH excluding ortho intramolecular Hbond substituents is 5. The fraction of sp³-hybridized carbons (Fsp3) is 0.200.